The van der Waals surface area contributed by atoms with Crippen LogP contribution >= 0.6 is 0 Å². The largest absolute Gasteiger partial charge is 0.489 e. The molecule has 2 nitrogen and oxygen atoms in total. The summed E-state index contributed by atoms with van der Waals surface area (Å²) in [5.74, 6) is 1.29. The molecule has 80 valence electrons. The van der Waals surface area contributed by atoms with Gasteiger partial charge in [-0.3, -0.25) is 0 Å². The molecule has 1 atom stereocenters. The van der Waals surface area contributed by atoms with Gasteiger partial charge in [0.25, 0.3) is 0 Å². The number of ether oxygens (including phenoxy) is 1. The number of hydrogen-bond acceptors (Lipinski definition) is 2. The van der Waals surface area contributed by atoms with Gasteiger partial charge < -0.3 is 4.74 Å². The fourth-order valence-electron chi connectivity index (χ4n) is 1.59. The lowest BCUT2D eigenvalue weighted by Crippen LogP contribution is -2.14. The lowest BCUT2D eigenvalue weighted by atomic mass is 10.1. The number of benzene rings is 1. The second-order valence-corrected chi connectivity index (χ2v) is 4.17. The summed E-state index contributed by atoms with van der Waals surface area (Å²) in [5.41, 5.74) is 0.605. The first-order valence-electron chi connectivity index (χ1n) is 5.29. The molecule has 1 unspecified atom stereocenters. The SMILES string of the molecule is CC(C)CC(C)Oc1ccccc1C#N. The first kappa shape index (κ1) is 11.6. The molecule has 1 aromatic rings. The lowest BCUT2D eigenvalue weighted by Gasteiger charge is -2.17. The van der Waals surface area contributed by atoms with Gasteiger partial charge in [-0.15, -0.1) is 0 Å². The number of nitrogens with zero attached hydrogens (tertiary/aromatic N) is 1. The van der Waals surface area contributed by atoms with Gasteiger partial charge in [-0.1, -0.05) is 26.0 Å². The Morgan fingerprint density at radius 2 is 1.93 bits per heavy atom. The molecule has 0 aromatic heterocycles. The zero-order valence-corrected chi connectivity index (χ0v) is 9.53. The first-order chi connectivity index (χ1) is 7.13. The van der Waals surface area contributed by atoms with Crippen molar-refractivity contribution in [1.29, 1.82) is 5.26 Å². The zero-order chi connectivity index (χ0) is 11.3. The summed E-state index contributed by atoms with van der Waals surface area (Å²) < 4.78 is 5.72. The normalized spacial score (nSPS) is 12.2. The number of nitriles is 1. The van der Waals surface area contributed by atoms with E-state index in [0.29, 0.717) is 17.2 Å². The molecule has 2 heteroatoms. The average Bonchev–Trinajstić information content (AvgIpc) is 2.17. The highest BCUT2D eigenvalue weighted by molar-refractivity contribution is 5.42. The maximum Gasteiger partial charge on any atom is 0.137 e. The second-order valence-electron chi connectivity index (χ2n) is 4.17. The quantitative estimate of drug-likeness (QED) is 0.751. The maximum absolute atomic E-state index is 8.88. The van der Waals surface area contributed by atoms with Crippen molar-refractivity contribution in [3.63, 3.8) is 0 Å². The van der Waals surface area contributed by atoms with E-state index in [4.69, 9.17) is 10.00 Å². The fraction of sp³-hybridized carbons (Fsp3) is 0.462. The maximum atomic E-state index is 8.88. The van der Waals surface area contributed by atoms with Gasteiger partial charge in [-0.25, -0.2) is 0 Å². The van der Waals surface area contributed by atoms with E-state index in [1.165, 1.54) is 0 Å². The summed E-state index contributed by atoms with van der Waals surface area (Å²) in [7, 11) is 0. The van der Waals surface area contributed by atoms with Crippen LogP contribution in [0.15, 0.2) is 24.3 Å². The zero-order valence-electron chi connectivity index (χ0n) is 9.53. The molecular formula is C13H17NO. The molecule has 0 aliphatic carbocycles. The molecule has 0 aliphatic heterocycles. The third kappa shape index (κ3) is 3.63. The Bertz CT molecular complexity index is 352. The van der Waals surface area contributed by atoms with Gasteiger partial charge in [0.2, 0.25) is 0 Å². The minimum Gasteiger partial charge on any atom is -0.489 e. The summed E-state index contributed by atoms with van der Waals surface area (Å²) in [5, 5.41) is 8.88. The van der Waals surface area contributed by atoms with E-state index in [1.54, 1.807) is 6.07 Å². The van der Waals surface area contributed by atoms with E-state index in [1.807, 2.05) is 25.1 Å². The van der Waals surface area contributed by atoms with Crippen molar-refractivity contribution in [3.05, 3.63) is 29.8 Å². The van der Waals surface area contributed by atoms with Gasteiger partial charge in [0.1, 0.15) is 11.8 Å². The van der Waals surface area contributed by atoms with Gasteiger partial charge in [-0.2, -0.15) is 5.26 Å². The molecule has 15 heavy (non-hydrogen) atoms. The van der Waals surface area contributed by atoms with Crippen molar-refractivity contribution >= 4 is 0 Å². The Morgan fingerprint density at radius 3 is 2.53 bits per heavy atom. The Kier molecular flexibility index (Phi) is 4.17. The molecule has 0 heterocycles. The van der Waals surface area contributed by atoms with E-state index in [-0.39, 0.29) is 6.10 Å². The van der Waals surface area contributed by atoms with Gasteiger partial charge in [-0.05, 0) is 31.4 Å². The first-order valence-corrected chi connectivity index (χ1v) is 5.29. The Morgan fingerprint density at radius 1 is 1.27 bits per heavy atom. The van der Waals surface area contributed by atoms with E-state index < -0.39 is 0 Å². The van der Waals surface area contributed by atoms with Crippen molar-refractivity contribution in [2.24, 2.45) is 5.92 Å². The van der Waals surface area contributed by atoms with Crippen LogP contribution in [0.4, 0.5) is 0 Å². The molecule has 1 aromatic carbocycles. The second kappa shape index (κ2) is 5.41. The third-order valence-corrected chi connectivity index (χ3v) is 2.14. The number of hydrogen-bond donors (Lipinski definition) is 0. The topological polar surface area (TPSA) is 33.0 Å². The fourth-order valence-corrected chi connectivity index (χ4v) is 1.59. The van der Waals surface area contributed by atoms with Crippen molar-refractivity contribution in [2.75, 3.05) is 0 Å². The Balaban J connectivity index is 2.68. The minimum absolute atomic E-state index is 0.152. The summed E-state index contributed by atoms with van der Waals surface area (Å²) in [6.45, 7) is 6.36. The molecule has 0 aliphatic rings. The standard InChI is InChI=1S/C13H17NO/c1-10(2)8-11(3)15-13-7-5-4-6-12(13)9-14/h4-7,10-11H,8H2,1-3H3. The van der Waals surface area contributed by atoms with Crippen LogP contribution in [-0.2, 0) is 0 Å². The van der Waals surface area contributed by atoms with Crippen LogP contribution < -0.4 is 4.74 Å². The Labute approximate surface area is 91.5 Å². The molecule has 0 bridgehead atoms. The van der Waals surface area contributed by atoms with Gasteiger partial charge in [0, 0.05) is 0 Å². The summed E-state index contributed by atoms with van der Waals surface area (Å²) in [6, 6.07) is 9.48. The van der Waals surface area contributed by atoms with Crippen LogP contribution in [0.1, 0.15) is 32.8 Å². The van der Waals surface area contributed by atoms with Crippen LogP contribution in [0.5, 0.6) is 5.75 Å². The predicted molar refractivity (Wildman–Crippen MR) is 60.7 cm³/mol. The molecular weight excluding hydrogens is 186 g/mol. The molecule has 0 radical (unpaired) electrons. The highest BCUT2D eigenvalue weighted by Crippen LogP contribution is 2.20. The van der Waals surface area contributed by atoms with Crippen LogP contribution in [0, 0.1) is 17.2 Å². The van der Waals surface area contributed by atoms with Gasteiger partial charge >= 0.3 is 0 Å². The lowest BCUT2D eigenvalue weighted by molar-refractivity contribution is 0.193. The predicted octanol–water partition coefficient (Wildman–Crippen LogP) is 3.37. The minimum atomic E-state index is 0.152. The smallest absolute Gasteiger partial charge is 0.137 e. The van der Waals surface area contributed by atoms with Crippen molar-refractivity contribution in [3.8, 4) is 11.8 Å². The summed E-state index contributed by atoms with van der Waals surface area (Å²) in [6.07, 6.45) is 1.15. The van der Waals surface area contributed by atoms with Gasteiger partial charge in [0.05, 0.1) is 11.7 Å². The summed E-state index contributed by atoms with van der Waals surface area (Å²) >= 11 is 0. The molecule has 0 saturated heterocycles. The molecule has 0 saturated carbocycles. The average molecular weight is 203 g/mol. The Hall–Kier alpha value is -1.49. The third-order valence-electron chi connectivity index (χ3n) is 2.14. The highest BCUT2D eigenvalue weighted by Gasteiger charge is 2.09. The molecule has 1 rings (SSSR count). The monoisotopic (exact) mass is 203 g/mol. The van der Waals surface area contributed by atoms with Crippen LogP contribution in [0.25, 0.3) is 0 Å². The highest BCUT2D eigenvalue weighted by atomic mass is 16.5. The van der Waals surface area contributed by atoms with Crippen LogP contribution in [0.2, 0.25) is 0 Å². The van der Waals surface area contributed by atoms with Crippen molar-refractivity contribution in [2.45, 2.75) is 33.3 Å². The number of rotatable bonds is 4. The van der Waals surface area contributed by atoms with Gasteiger partial charge in [0.15, 0.2) is 0 Å². The van der Waals surface area contributed by atoms with E-state index >= 15 is 0 Å². The molecule has 0 spiro atoms. The van der Waals surface area contributed by atoms with Crippen LogP contribution in [-0.4, -0.2) is 6.10 Å². The molecule has 0 amide bonds. The molecule has 0 N–H and O–H groups in total. The molecule has 0 fully saturated rings. The van der Waals surface area contributed by atoms with E-state index in [0.717, 1.165) is 6.42 Å². The van der Waals surface area contributed by atoms with E-state index in [2.05, 4.69) is 19.9 Å². The van der Waals surface area contributed by atoms with Crippen molar-refractivity contribution < 1.29 is 4.74 Å². The number of para-hydroxylation sites is 1. The van der Waals surface area contributed by atoms with Crippen molar-refractivity contribution in [1.82, 2.24) is 0 Å². The summed E-state index contributed by atoms with van der Waals surface area (Å²) in [4.78, 5) is 0. The van der Waals surface area contributed by atoms with E-state index in [9.17, 15) is 0 Å². The van der Waals surface area contributed by atoms with Crippen LogP contribution in [0.3, 0.4) is 0 Å².